The Morgan fingerprint density at radius 2 is 1.74 bits per heavy atom. The average Bonchev–Trinajstić information content (AvgIpc) is 2.67. The van der Waals surface area contributed by atoms with Crippen molar-refractivity contribution >= 4 is 44.8 Å². The molecule has 0 fully saturated rings. The van der Waals surface area contributed by atoms with Gasteiger partial charge in [0, 0.05) is 22.3 Å². The van der Waals surface area contributed by atoms with Crippen LogP contribution < -0.4 is 4.90 Å². The van der Waals surface area contributed by atoms with Gasteiger partial charge in [-0.25, -0.2) is 0 Å². The second-order valence-electron chi connectivity index (χ2n) is 5.77. The highest BCUT2D eigenvalue weighted by Gasteiger charge is 2.21. The van der Waals surface area contributed by atoms with Crippen LogP contribution in [0.2, 0.25) is 5.02 Å². The maximum absolute atomic E-state index is 13.2. The standard InChI is InChI=1S/C20H14BrClN2O3/c21-15-8-10-16(11-9-15)23(20(25)18-6-1-2-7-19(18)22)13-14-4-3-5-17(12-14)24(26)27/h1-12H,13H2. The number of amides is 1. The second-order valence-corrected chi connectivity index (χ2v) is 7.10. The first-order valence-corrected chi connectivity index (χ1v) is 9.18. The summed E-state index contributed by atoms with van der Waals surface area (Å²) in [5, 5.41) is 11.4. The largest absolute Gasteiger partial charge is 0.304 e. The molecular weight excluding hydrogens is 432 g/mol. The van der Waals surface area contributed by atoms with Crippen molar-refractivity contribution in [2.24, 2.45) is 0 Å². The van der Waals surface area contributed by atoms with Gasteiger partial charge in [0.2, 0.25) is 0 Å². The van der Waals surface area contributed by atoms with Gasteiger partial charge in [-0.15, -0.1) is 0 Å². The lowest BCUT2D eigenvalue weighted by atomic mass is 10.1. The first-order chi connectivity index (χ1) is 13.0. The second kappa shape index (κ2) is 8.33. The number of non-ortho nitro benzene ring substituents is 1. The molecule has 0 radical (unpaired) electrons. The molecule has 0 bridgehead atoms. The zero-order valence-electron chi connectivity index (χ0n) is 14.0. The van der Waals surface area contributed by atoms with Gasteiger partial charge in [-0.05, 0) is 42.0 Å². The molecule has 0 saturated heterocycles. The summed E-state index contributed by atoms with van der Waals surface area (Å²) < 4.78 is 0.881. The molecule has 136 valence electrons. The number of nitro groups is 1. The van der Waals surface area contributed by atoms with Crippen molar-refractivity contribution < 1.29 is 9.72 Å². The van der Waals surface area contributed by atoms with Crippen LogP contribution >= 0.6 is 27.5 Å². The molecule has 0 atom stereocenters. The third kappa shape index (κ3) is 4.53. The van der Waals surface area contributed by atoms with E-state index in [9.17, 15) is 14.9 Å². The summed E-state index contributed by atoms with van der Waals surface area (Å²) in [6.45, 7) is 0.174. The van der Waals surface area contributed by atoms with Crippen molar-refractivity contribution in [3.8, 4) is 0 Å². The molecule has 1 amide bonds. The minimum atomic E-state index is -0.455. The van der Waals surface area contributed by atoms with Crippen LogP contribution in [0.5, 0.6) is 0 Å². The monoisotopic (exact) mass is 444 g/mol. The van der Waals surface area contributed by atoms with Crippen LogP contribution in [0.4, 0.5) is 11.4 Å². The topological polar surface area (TPSA) is 63.5 Å². The van der Waals surface area contributed by atoms with Crippen LogP contribution in [-0.2, 0) is 6.54 Å². The first-order valence-electron chi connectivity index (χ1n) is 8.01. The molecule has 3 rings (SSSR count). The summed E-state index contributed by atoms with van der Waals surface area (Å²) in [4.78, 5) is 25.3. The third-order valence-electron chi connectivity index (χ3n) is 3.95. The minimum absolute atomic E-state index is 0.0200. The average molecular weight is 446 g/mol. The quantitative estimate of drug-likeness (QED) is 0.365. The van der Waals surface area contributed by atoms with E-state index in [0.29, 0.717) is 21.8 Å². The van der Waals surface area contributed by atoms with Crippen molar-refractivity contribution in [2.75, 3.05) is 4.90 Å². The Morgan fingerprint density at radius 3 is 2.41 bits per heavy atom. The number of nitrogens with zero attached hydrogens (tertiary/aromatic N) is 2. The van der Waals surface area contributed by atoms with E-state index in [0.717, 1.165) is 4.47 Å². The summed E-state index contributed by atoms with van der Waals surface area (Å²) in [7, 11) is 0. The van der Waals surface area contributed by atoms with Crippen LogP contribution in [0.1, 0.15) is 15.9 Å². The number of hydrogen-bond donors (Lipinski definition) is 0. The van der Waals surface area contributed by atoms with E-state index >= 15 is 0 Å². The summed E-state index contributed by atoms with van der Waals surface area (Å²) in [6, 6.07) is 20.3. The smallest absolute Gasteiger partial charge is 0.269 e. The highest BCUT2D eigenvalue weighted by molar-refractivity contribution is 9.10. The highest BCUT2D eigenvalue weighted by Crippen LogP contribution is 2.26. The van der Waals surface area contributed by atoms with Gasteiger partial charge < -0.3 is 4.90 Å². The Balaban J connectivity index is 2.01. The molecule has 0 saturated carbocycles. The van der Waals surface area contributed by atoms with Gasteiger partial charge in [0.25, 0.3) is 11.6 Å². The highest BCUT2D eigenvalue weighted by atomic mass is 79.9. The van der Waals surface area contributed by atoms with Crippen molar-refractivity contribution in [2.45, 2.75) is 6.54 Å². The molecule has 3 aromatic rings. The van der Waals surface area contributed by atoms with Crippen LogP contribution in [-0.4, -0.2) is 10.8 Å². The number of rotatable bonds is 5. The zero-order valence-corrected chi connectivity index (χ0v) is 16.4. The normalized spacial score (nSPS) is 10.4. The Kier molecular flexibility index (Phi) is 5.88. The van der Waals surface area contributed by atoms with Crippen molar-refractivity contribution in [1.82, 2.24) is 0 Å². The van der Waals surface area contributed by atoms with E-state index in [4.69, 9.17) is 11.6 Å². The molecule has 0 aromatic heterocycles. The fourth-order valence-corrected chi connectivity index (χ4v) is 3.11. The molecule has 7 heteroatoms. The van der Waals surface area contributed by atoms with E-state index in [1.807, 2.05) is 12.1 Å². The molecule has 0 unspecified atom stereocenters. The van der Waals surface area contributed by atoms with Gasteiger partial charge in [-0.2, -0.15) is 0 Å². The predicted molar refractivity (Wildman–Crippen MR) is 109 cm³/mol. The molecule has 5 nitrogen and oxygen atoms in total. The zero-order chi connectivity index (χ0) is 19.4. The van der Waals surface area contributed by atoms with Gasteiger partial charge in [-0.3, -0.25) is 14.9 Å². The van der Waals surface area contributed by atoms with Crippen LogP contribution in [0.15, 0.2) is 77.3 Å². The maximum Gasteiger partial charge on any atom is 0.269 e. The van der Waals surface area contributed by atoms with Crippen LogP contribution in [0.25, 0.3) is 0 Å². The lowest BCUT2D eigenvalue weighted by Gasteiger charge is -2.23. The molecule has 0 spiro atoms. The lowest BCUT2D eigenvalue weighted by molar-refractivity contribution is -0.384. The van der Waals surface area contributed by atoms with Gasteiger partial charge in [0.15, 0.2) is 0 Å². The number of benzene rings is 3. The van der Waals surface area contributed by atoms with Gasteiger partial charge in [-0.1, -0.05) is 51.8 Å². The summed E-state index contributed by atoms with van der Waals surface area (Å²) in [5.41, 5.74) is 1.66. The predicted octanol–water partition coefficient (Wildman–Crippen LogP) is 5.86. The number of nitro benzene ring substituents is 1. The molecule has 0 N–H and O–H groups in total. The number of anilines is 1. The number of halogens is 2. The fourth-order valence-electron chi connectivity index (χ4n) is 2.63. The Hall–Kier alpha value is -2.70. The molecule has 0 aliphatic heterocycles. The Morgan fingerprint density at radius 1 is 1.04 bits per heavy atom. The van der Waals surface area contributed by atoms with E-state index in [-0.39, 0.29) is 18.1 Å². The molecular formula is C20H14BrClN2O3. The van der Waals surface area contributed by atoms with Crippen LogP contribution in [0.3, 0.4) is 0 Å². The van der Waals surface area contributed by atoms with E-state index in [1.165, 1.54) is 12.1 Å². The van der Waals surface area contributed by atoms with Gasteiger partial charge in [0.05, 0.1) is 22.1 Å². The fraction of sp³-hybridized carbons (Fsp3) is 0.0500. The van der Waals surface area contributed by atoms with Crippen molar-refractivity contribution in [3.05, 3.63) is 104 Å². The van der Waals surface area contributed by atoms with E-state index in [2.05, 4.69) is 15.9 Å². The van der Waals surface area contributed by atoms with Crippen molar-refractivity contribution in [3.63, 3.8) is 0 Å². The first kappa shape index (κ1) is 19.1. The Bertz CT molecular complexity index is 993. The number of carbonyl (C=O) groups is 1. The molecule has 0 aliphatic carbocycles. The number of hydrogen-bond acceptors (Lipinski definition) is 3. The third-order valence-corrected chi connectivity index (χ3v) is 4.81. The van der Waals surface area contributed by atoms with E-state index in [1.54, 1.807) is 53.4 Å². The van der Waals surface area contributed by atoms with E-state index < -0.39 is 4.92 Å². The SMILES string of the molecule is O=C(c1ccccc1Cl)N(Cc1cccc([N+](=O)[O-])c1)c1ccc(Br)cc1. The lowest BCUT2D eigenvalue weighted by Crippen LogP contribution is -2.30. The number of carbonyl (C=O) groups excluding carboxylic acids is 1. The maximum atomic E-state index is 13.2. The van der Waals surface area contributed by atoms with Gasteiger partial charge in [0.1, 0.15) is 0 Å². The molecule has 3 aromatic carbocycles. The minimum Gasteiger partial charge on any atom is -0.304 e. The summed E-state index contributed by atoms with van der Waals surface area (Å²) in [5.74, 6) is -0.283. The molecule has 0 aliphatic rings. The molecule has 0 heterocycles. The van der Waals surface area contributed by atoms with Crippen molar-refractivity contribution in [1.29, 1.82) is 0 Å². The molecule has 27 heavy (non-hydrogen) atoms. The summed E-state index contributed by atoms with van der Waals surface area (Å²) in [6.07, 6.45) is 0. The summed E-state index contributed by atoms with van der Waals surface area (Å²) >= 11 is 9.58. The van der Waals surface area contributed by atoms with Gasteiger partial charge >= 0.3 is 0 Å². The van der Waals surface area contributed by atoms with Crippen LogP contribution in [0, 0.1) is 10.1 Å². The Labute approximate surface area is 169 Å².